The Morgan fingerprint density at radius 1 is 1.39 bits per heavy atom. The summed E-state index contributed by atoms with van der Waals surface area (Å²) in [5.74, 6) is 1.61. The van der Waals surface area contributed by atoms with Gasteiger partial charge in [0.25, 0.3) is 0 Å². The third kappa shape index (κ3) is 2.87. The van der Waals surface area contributed by atoms with Crippen LogP contribution in [0.2, 0.25) is 0 Å². The Morgan fingerprint density at radius 2 is 2.28 bits per heavy atom. The molecule has 0 aromatic carbocycles. The zero-order valence-electron chi connectivity index (χ0n) is 10.7. The zero-order chi connectivity index (χ0) is 12.8. The second-order valence-corrected chi connectivity index (χ2v) is 3.95. The lowest BCUT2D eigenvalue weighted by Gasteiger charge is -2.18. The molecule has 2 aromatic heterocycles. The Morgan fingerprint density at radius 3 is 2.94 bits per heavy atom. The van der Waals surface area contributed by atoms with E-state index in [2.05, 4.69) is 27.2 Å². The molecule has 18 heavy (non-hydrogen) atoms. The first-order valence-corrected chi connectivity index (χ1v) is 6.05. The lowest BCUT2D eigenvalue weighted by atomic mass is 10.0. The van der Waals surface area contributed by atoms with Gasteiger partial charge in [0.1, 0.15) is 5.82 Å². The minimum absolute atomic E-state index is 0.143. The molecule has 0 aliphatic carbocycles. The summed E-state index contributed by atoms with van der Waals surface area (Å²) in [5.41, 5.74) is 1.05. The van der Waals surface area contributed by atoms with Gasteiger partial charge in [-0.1, -0.05) is 13.0 Å². The molecule has 0 spiro atoms. The molecule has 0 aliphatic heterocycles. The molecule has 0 saturated heterocycles. The van der Waals surface area contributed by atoms with Crippen LogP contribution in [0.15, 0.2) is 30.7 Å². The summed E-state index contributed by atoms with van der Waals surface area (Å²) in [4.78, 5) is 11.6. The summed E-state index contributed by atoms with van der Waals surface area (Å²) < 4.78 is 5.31. The van der Waals surface area contributed by atoms with Gasteiger partial charge in [0.05, 0.1) is 7.11 Å². The van der Waals surface area contributed by atoms with Crippen LogP contribution in [0.1, 0.15) is 24.4 Å². The van der Waals surface area contributed by atoms with Gasteiger partial charge in [-0.25, -0.2) is 9.97 Å². The van der Waals surface area contributed by atoms with Crippen molar-refractivity contribution in [2.45, 2.75) is 19.4 Å². The van der Waals surface area contributed by atoms with E-state index in [1.54, 1.807) is 19.5 Å². The molecule has 1 atom stereocenters. The third-order valence-corrected chi connectivity index (χ3v) is 2.77. The molecule has 0 bridgehead atoms. The van der Waals surface area contributed by atoms with Crippen LogP contribution in [-0.2, 0) is 6.42 Å². The summed E-state index contributed by atoms with van der Waals surface area (Å²) in [6, 6.07) is 4.09. The number of H-pyrrole nitrogens is 1. The minimum Gasteiger partial charge on any atom is -0.481 e. The Balaban J connectivity index is 2.23. The molecule has 0 aliphatic rings. The number of nitrogens with zero attached hydrogens (tertiary/aromatic N) is 2. The molecule has 96 valence electrons. The highest BCUT2D eigenvalue weighted by molar-refractivity contribution is 5.29. The fourth-order valence-electron chi connectivity index (χ4n) is 1.98. The van der Waals surface area contributed by atoms with Crippen LogP contribution in [0.3, 0.4) is 0 Å². The second kappa shape index (κ2) is 6.16. The number of pyridine rings is 1. The average molecular weight is 246 g/mol. The SMILES string of the molecule is CCNC(Cc1ncc[nH]1)c1cccnc1OC. The van der Waals surface area contributed by atoms with Crippen LogP contribution in [0.5, 0.6) is 5.88 Å². The molecule has 0 amide bonds. The number of nitrogens with one attached hydrogen (secondary N) is 2. The van der Waals surface area contributed by atoms with E-state index < -0.39 is 0 Å². The molecule has 5 heteroatoms. The zero-order valence-corrected chi connectivity index (χ0v) is 10.7. The monoisotopic (exact) mass is 246 g/mol. The highest BCUT2D eigenvalue weighted by Crippen LogP contribution is 2.24. The molecule has 0 fully saturated rings. The van der Waals surface area contributed by atoms with Crippen molar-refractivity contribution in [2.75, 3.05) is 13.7 Å². The highest BCUT2D eigenvalue weighted by atomic mass is 16.5. The van der Waals surface area contributed by atoms with Gasteiger partial charge in [-0.15, -0.1) is 0 Å². The lowest BCUT2D eigenvalue weighted by Crippen LogP contribution is -2.24. The van der Waals surface area contributed by atoms with E-state index in [1.165, 1.54) is 0 Å². The molecule has 0 radical (unpaired) electrons. The average Bonchev–Trinajstić information content (AvgIpc) is 2.91. The van der Waals surface area contributed by atoms with Gasteiger partial charge in [0, 0.05) is 36.6 Å². The molecule has 2 aromatic rings. The minimum atomic E-state index is 0.143. The molecule has 2 N–H and O–H groups in total. The molecule has 5 nitrogen and oxygen atoms in total. The summed E-state index contributed by atoms with van der Waals surface area (Å²) >= 11 is 0. The van der Waals surface area contributed by atoms with E-state index in [0.29, 0.717) is 5.88 Å². The van der Waals surface area contributed by atoms with E-state index in [4.69, 9.17) is 4.74 Å². The fraction of sp³-hybridized carbons (Fsp3) is 0.385. The number of rotatable bonds is 6. The second-order valence-electron chi connectivity index (χ2n) is 3.95. The molecule has 0 saturated carbocycles. The Labute approximate surface area is 107 Å². The van der Waals surface area contributed by atoms with Gasteiger partial charge in [0.15, 0.2) is 0 Å². The standard InChI is InChI=1S/C13H18N4O/c1-3-14-11(9-12-15-7-8-16-12)10-5-4-6-17-13(10)18-2/h4-8,11,14H,3,9H2,1-2H3,(H,15,16). The first kappa shape index (κ1) is 12.6. The molecule has 1 unspecified atom stereocenters. The van der Waals surface area contributed by atoms with E-state index in [1.807, 2.05) is 18.3 Å². The number of aromatic nitrogens is 3. The molecule has 2 heterocycles. The van der Waals surface area contributed by atoms with Crippen LogP contribution in [0.25, 0.3) is 0 Å². The van der Waals surface area contributed by atoms with Crippen LogP contribution >= 0.6 is 0 Å². The van der Waals surface area contributed by atoms with Crippen molar-refractivity contribution < 1.29 is 4.74 Å². The van der Waals surface area contributed by atoms with Gasteiger partial charge >= 0.3 is 0 Å². The van der Waals surface area contributed by atoms with Crippen molar-refractivity contribution >= 4 is 0 Å². The summed E-state index contributed by atoms with van der Waals surface area (Å²) in [7, 11) is 1.64. The maximum absolute atomic E-state index is 5.31. The molecular formula is C13H18N4O. The van der Waals surface area contributed by atoms with Crippen LogP contribution in [0, 0.1) is 0 Å². The number of ether oxygens (including phenoxy) is 1. The van der Waals surface area contributed by atoms with Crippen LogP contribution < -0.4 is 10.1 Å². The van der Waals surface area contributed by atoms with Gasteiger partial charge in [-0.3, -0.25) is 0 Å². The Kier molecular flexibility index (Phi) is 4.30. The first-order chi connectivity index (χ1) is 8.85. The summed E-state index contributed by atoms with van der Waals surface area (Å²) in [6.45, 7) is 2.96. The molecular weight excluding hydrogens is 228 g/mol. The maximum atomic E-state index is 5.31. The number of aromatic amines is 1. The number of hydrogen-bond donors (Lipinski definition) is 2. The first-order valence-electron chi connectivity index (χ1n) is 6.05. The van der Waals surface area contributed by atoms with Crippen molar-refractivity contribution in [3.63, 3.8) is 0 Å². The molecule has 2 rings (SSSR count). The van der Waals surface area contributed by atoms with Crippen molar-refractivity contribution in [2.24, 2.45) is 0 Å². The fourth-order valence-corrected chi connectivity index (χ4v) is 1.98. The van der Waals surface area contributed by atoms with Gasteiger partial charge in [0.2, 0.25) is 5.88 Å². The number of methoxy groups -OCH3 is 1. The topological polar surface area (TPSA) is 62.8 Å². The van der Waals surface area contributed by atoms with Crippen molar-refractivity contribution in [1.29, 1.82) is 0 Å². The van der Waals surface area contributed by atoms with E-state index >= 15 is 0 Å². The highest BCUT2D eigenvalue weighted by Gasteiger charge is 2.17. The van der Waals surface area contributed by atoms with Crippen molar-refractivity contribution in [1.82, 2.24) is 20.3 Å². The van der Waals surface area contributed by atoms with Gasteiger partial charge < -0.3 is 15.0 Å². The van der Waals surface area contributed by atoms with Gasteiger partial charge in [-0.2, -0.15) is 0 Å². The van der Waals surface area contributed by atoms with E-state index in [-0.39, 0.29) is 6.04 Å². The van der Waals surface area contributed by atoms with E-state index in [9.17, 15) is 0 Å². The third-order valence-electron chi connectivity index (χ3n) is 2.77. The quantitative estimate of drug-likeness (QED) is 0.814. The number of hydrogen-bond acceptors (Lipinski definition) is 4. The Bertz CT molecular complexity index is 470. The smallest absolute Gasteiger partial charge is 0.217 e. The number of imidazole rings is 1. The maximum Gasteiger partial charge on any atom is 0.217 e. The number of likely N-dealkylation sites (N-methyl/N-ethyl adjacent to an activating group) is 1. The predicted molar refractivity (Wildman–Crippen MR) is 69.5 cm³/mol. The van der Waals surface area contributed by atoms with Crippen molar-refractivity contribution in [3.8, 4) is 5.88 Å². The van der Waals surface area contributed by atoms with E-state index in [0.717, 1.165) is 24.4 Å². The van der Waals surface area contributed by atoms with Crippen LogP contribution in [-0.4, -0.2) is 28.6 Å². The lowest BCUT2D eigenvalue weighted by molar-refractivity contribution is 0.382. The largest absolute Gasteiger partial charge is 0.481 e. The van der Waals surface area contributed by atoms with Crippen LogP contribution in [0.4, 0.5) is 0 Å². The predicted octanol–water partition coefficient (Wildman–Crippen LogP) is 1.71. The van der Waals surface area contributed by atoms with Gasteiger partial charge in [-0.05, 0) is 12.6 Å². The normalized spacial score (nSPS) is 12.3. The Hall–Kier alpha value is -1.88. The summed E-state index contributed by atoms with van der Waals surface area (Å²) in [5, 5.41) is 3.43. The summed E-state index contributed by atoms with van der Waals surface area (Å²) in [6.07, 6.45) is 6.11. The van der Waals surface area contributed by atoms with Crippen molar-refractivity contribution in [3.05, 3.63) is 42.1 Å².